The zero-order valence-corrected chi connectivity index (χ0v) is 14.5. The average molecular weight is 354 g/mol. The Kier molecular flexibility index (Phi) is 4.39. The van der Waals surface area contributed by atoms with Crippen molar-refractivity contribution in [3.63, 3.8) is 0 Å². The number of hydrogen-bond donors (Lipinski definition) is 0. The van der Waals surface area contributed by atoms with E-state index in [1.54, 1.807) is 23.9 Å². The molecule has 22 heavy (non-hydrogen) atoms. The molecule has 1 aliphatic heterocycles. The molecule has 0 unspecified atom stereocenters. The molecule has 0 aromatic heterocycles. The highest BCUT2D eigenvalue weighted by Crippen LogP contribution is 2.48. The molecule has 116 valence electrons. The largest absolute Gasteiger partial charge is 0.340 e. The Labute approximate surface area is 140 Å². The van der Waals surface area contributed by atoms with Crippen LogP contribution in [0.2, 0.25) is 0 Å². The fraction of sp³-hybridized carbons (Fsp3) is 0.250. The molecular formula is C16H16ClNO2S2. The highest BCUT2D eigenvalue weighted by Gasteiger charge is 2.24. The lowest BCUT2D eigenvalue weighted by atomic mass is 10.2. The van der Waals surface area contributed by atoms with E-state index in [0.29, 0.717) is 10.8 Å². The first-order chi connectivity index (χ1) is 10.5. The first kappa shape index (κ1) is 15.7. The Balaban J connectivity index is 2.10. The van der Waals surface area contributed by atoms with E-state index >= 15 is 0 Å². The predicted molar refractivity (Wildman–Crippen MR) is 92.5 cm³/mol. The molecule has 0 radical (unpaired) electrons. The lowest BCUT2D eigenvalue weighted by Crippen LogP contribution is -2.22. The summed E-state index contributed by atoms with van der Waals surface area (Å²) in [7, 11) is -3.20. The highest BCUT2D eigenvalue weighted by molar-refractivity contribution is 7.99. The van der Waals surface area contributed by atoms with Crippen molar-refractivity contribution in [1.29, 1.82) is 0 Å². The Hall–Kier alpha value is -1.17. The van der Waals surface area contributed by atoms with Crippen molar-refractivity contribution in [3.05, 3.63) is 42.5 Å². The maximum atomic E-state index is 11.8. The van der Waals surface area contributed by atoms with Crippen molar-refractivity contribution in [2.75, 3.05) is 23.6 Å². The van der Waals surface area contributed by atoms with Crippen LogP contribution in [-0.4, -0.2) is 27.1 Å². The molecule has 2 aromatic rings. The van der Waals surface area contributed by atoms with E-state index in [2.05, 4.69) is 17.0 Å². The van der Waals surface area contributed by atoms with Gasteiger partial charge in [-0.2, -0.15) is 0 Å². The number of nitrogens with zero attached hydrogens (tertiary/aromatic N) is 1. The number of fused-ring (bicyclic) bond motifs is 2. The smallest absolute Gasteiger partial charge is 0.175 e. The third kappa shape index (κ3) is 2.98. The molecule has 1 heterocycles. The fourth-order valence-corrected chi connectivity index (χ4v) is 4.48. The van der Waals surface area contributed by atoms with E-state index in [-0.39, 0.29) is 0 Å². The number of benzene rings is 2. The van der Waals surface area contributed by atoms with Crippen molar-refractivity contribution < 1.29 is 8.42 Å². The Morgan fingerprint density at radius 2 is 1.82 bits per heavy atom. The molecule has 0 amide bonds. The van der Waals surface area contributed by atoms with Gasteiger partial charge in [0.1, 0.15) is 0 Å². The maximum absolute atomic E-state index is 11.8. The summed E-state index contributed by atoms with van der Waals surface area (Å²) in [5, 5.41) is 0. The molecule has 3 rings (SSSR count). The minimum absolute atomic E-state index is 0.357. The Morgan fingerprint density at radius 3 is 2.55 bits per heavy atom. The Bertz CT molecular complexity index is 806. The number of rotatable bonds is 4. The van der Waals surface area contributed by atoms with Crippen molar-refractivity contribution in [3.8, 4) is 0 Å². The summed E-state index contributed by atoms with van der Waals surface area (Å²) < 4.78 is 23.6. The van der Waals surface area contributed by atoms with Gasteiger partial charge in [0.25, 0.3) is 0 Å². The van der Waals surface area contributed by atoms with Crippen molar-refractivity contribution in [2.45, 2.75) is 21.1 Å². The van der Waals surface area contributed by atoms with Crippen LogP contribution in [0.4, 0.5) is 11.4 Å². The summed E-state index contributed by atoms with van der Waals surface area (Å²) in [4.78, 5) is 4.68. The molecule has 0 N–H and O–H groups in total. The first-order valence-corrected chi connectivity index (χ1v) is 10.2. The summed E-state index contributed by atoms with van der Waals surface area (Å²) in [6.45, 7) is 0.812. The molecular weight excluding hydrogens is 338 g/mol. The van der Waals surface area contributed by atoms with Gasteiger partial charge in [-0.1, -0.05) is 23.9 Å². The monoisotopic (exact) mass is 353 g/mol. The fourth-order valence-electron chi connectivity index (χ4n) is 2.50. The van der Waals surface area contributed by atoms with Crippen LogP contribution in [0.1, 0.15) is 6.42 Å². The van der Waals surface area contributed by atoms with E-state index < -0.39 is 9.84 Å². The molecule has 0 atom stereocenters. The summed E-state index contributed by atoms with van der Waals surface area (Å²) in [5.74, 6) is 0.600. The Morgan fingerprint density at radius 1 is 1.09 bits per heavy atom. The van der Waals surface area contributed by atoms with Crippen molar-refractivity contribution in [1.82, 2.24) is 0 Å². The van der Waals surface area contributed by atoms with Crippen molar-refractivity contribution >= 4 is 44.6 Å². The molecule has 0 spiro atoms. The second-order valence-electron chi connectivity index (χ2n) is 5.17. The van der Waals surface area contributed by atoms with Gasteiger partial charge in [-0.15, -0.1) is 11.6 Å². The molecule has 3 nitrogen and oxygen atoms in total. The van der Waals surface area contributed by atoms with Gasteiger partial charge in [-0.3, -0.25) is 0 Å². The molecule has 6 heteroatoms. The van der Waals surface area contributed by atoms with Gasteiger partial charge < -0.3 is 4.90 Å². The first-order valence-electron chi connectivity index (χ1n) is 6.95. The minimum Gasteiger partial charge on any atom is -0.340 e. The molecule has 1 aliphatic rings. The van der Waals surface area contributed by atoms with E-state index in [0.717, 1.165) is 34.1 Å². The van der Waals surface area contributed by atoms with E-state index in [9.17, 15) is 8.42 Å². The topological polar surface area (TPSA) is 37.4 Å². The van der Waals surface area contributed by atoms with Gasteiger partial charge in [0.15, 0.2) is 9.84 Å². The number of halogens is 1. The number of alkyl halides is 1. The molecule has 0 aliphatic carbocycles. The van der Waals surface area contributed by atoms with Crippen LogP contribution in [0, 0.1) is 0 Å². The van der Waals surface area contributed by atoms with Gasteiger partial charge >= 0.3 is 0 Å². The van der Waals surface area contributed by atoms with Crippen LogP contribution < -0.4 is 4.90 Å². The van der Waals surface area contributed by atoms with E-state index in [4.69, 9.17) is 11.6 Å². The van der Waals surface area contributed by atoms with Crippen molar-refractivity contribution in [2.24, 2.45) is 0 Å². The summed E-state index contributed by atoms with van der Waals surface area (Å²) in [5.41, 5.74) is 2.19. The normalized spacial score (nSPS) is 13.6. The van der Waals surface area contributed by atoms with Gasteiger partial charge in [0.05, 0.1) is 16.3 Å². The number of para-hydroxylation sites is 1. The van der Waals surface area contributed by atoms with Crippen LogP contribution in [-0.2, 0) is 9.84 Å². The summed E-state index contributed by atoms with van der Waals surface area (Å²) in [6, 6.07) is 13.5. The predicted octanol–water partition coefficient (Wildman–Crippen LogP) is 4.32. The standard InChI is InChI=1S/C16H16ClNO2S2/c1-22(19,20)12-7-8-14-16(11-12)21-15-6-3-2-5-13(15)18(14)10-4-9-17/h2-3,5-8,11H,4,9-10H2,1H3. The lowest BCUT2D eigenvalue weighted by Gasteiger charge is -2.32. The summed E-state index contributed by atoms with van der Waals surface area (Å²) in [6.07, 6.45) is 2.11. The SMILES string of the molecule is CS(=O)(=O)c1ccc2c(c1)Sc1ccccc1N2CCCCl. The second-order valence-corrected chi connectivity index (χ2v) is 8.64. The number of sulfone groups is 1. The third-order valence-electron chi connectivity index (χ3n) is 3.54. The minimum atomic E-state index is -3.20. The van der Waals surface area contributed by atoms with E-state index in [1.807, 2.05) is 18.2 Å². The van der Waals surface area contributed by atoms with Gasteiger partial charge in [0.2, 0.25) is 0 Å². The molecule has 0 saturated heterocycles. The van der Waals surface area contributed by atoms with Crippen LogP contribution >= 0.6 is 23.4 Å². The molecule has 0 bridgehead atoms. The molecule has 0 fully saturated rings. The van der Waals surface area contributed by atoms with E-state index in [1.165, 1.54) is 6.26 Å². The van der Waals surface area contributed by atoms with Gasteiger partial charge in [-0.25, -0.2) is 8.42 Å². The zero-order valence-electron chi connectivity index (χ0n) is 12.1. The van der Waals surface area contributed by atoms with Crippen LogP contribution in [0.3, 0.4) is 0 Å². The molecule has 0 saturated carbocycles. The second kappa shape index (κ2) is 6.14. The zero-order chi connectivity index (χ0) is 15.7. The quantitative estimate of drug-likeness (QED) is 0.767. The maximum Gasteiger partial charge on any atom is 0.175 e. The van der Waals surface area contributed by atoms with Crippen LogP contribution in [0.5, 0.6) is 0 Å². The number of hydrogen-bond acceptors (Lipinski definition) is 4. The third-order valence-corrected chi connectivity index (χ3v) is 6.03. The number of anilines is 2. The average Bonchev–Trinajstić information content (AvgIpc) is 2.50. The van der Waals surface area contributed by atoms with Crippen LogP contribution in [0.15, 0.2) is 57.2 Å². The van der Waals surface area contributed by atoms with Gasteiger partial charge in [-0.05, 0) is 36.8 Å². The van der Waals surface area contributed by atoms with Crippen LogP contribution in [0.25, 0.3) is 0 Å². The lowest BCUT2D eigenvalue weighted by molar-refractivity contribution is 0.601. The highest BCUT2D eigenvalue weighted by atomic mass is 35.5. The van der Waals surface area contributed by atoms with Gasteiger partial charge in [0, 0.05) is 28.5 Å². The molecule has 2 aromatic carbocycles. The summed E-state index contributed by atoms with van der Waals surface area (Å²) >= 11 is 7.46.